The highest BCUT2D eigenvalue weighted by atomic mass is 35.5. The minimum absolute atomic E-state index is 0.0666. The molecule has 2 heterocycles. The zero-order chi connectivity index (χ0) is 21.3. The van der Waals surface area contributed by atoms with E-state index in [1.54, 1.807) is 13.8 Å². The van der Waals surface area contributed by atoms with Crippen LogP contribution in [0.1, 0.15) is 17.0 Å². The summed E-state index contributed by atoms with van der Waals surface area (Å²) in [5.74, 6) is -0.438. The fraction of sp³-hybridized carbons (Fsp3) is 0.222. The number of nitrogens with one attached hydrogen (secondary N) is 1. The molecule has 1 N–H and O–H groups in total. The minimum atomic E-state index is -4.59. The van der Waals surface area contributed by atoms with Crippen LogP contribution in [0.4, 0.5) is 18.9 Å². The Hall–Kier alpha value is -3.14. The van der Waals surface area contributed by atoms with Crippen molar-refractivity contribution >= 4 is 23.2 Å². The van der Waals surface area contributed by atoms with Gasteiger partial charge >= 0.3 is 6.18 Å². The van der Waals surface area contributed by atoms with E-state index in [4.69, 9.17) is 11.6 Å². The van der Waals surface area contributed by atoms with Crippen molar-refractivity contribution in [2.75, 3.05) is 5.32 Å². The van der Waals surface area contributed by atoms with Gasteiger partial charge in [0.25, 0.3) is 5.56 Å². The zero-order valence-electron chi connectivity index (χ0n) is 15.3. The molecule has 0 unspecified atom stereocenters. The lowest BCUT2D eigenvalue weighted by atomic mass is 10.2. The number of rotatable bonds is 4. The number of aromatic nitrogens is 4. The molecule has 0 fully saturated rings. The normalized spacial score (nSPS) is 11.5. The molecule has 0 bridgehead atoms. The van der Waals surface area contributed by atoms with Gasteiger partial charge in [-0.2, -0.15) is 18.3 Å². The molecule has 7 nitrogen and oxygen atoms in total. The highest BCUT2D eigenvalue weighted by molar-refractivity contribution is 6.33. The molecule has 2 aromatic heterocycles. The van der Waals surface area contributed by atoms with Gasteiger partial charge in [0, 0.05) is 11.8 Å². The Balaban J connectivity index is 1.84. The summed E-state index contributed by atoms with van der Waals surface area (Å²) in [6.45, 7) is 3.09. The number of halogens is 4. The van der Waals surface area contributed by atoms with Crippen LogP contribution in [0.25, 0.3) is 5.82 Å². The lowest BCUT2D eigenvalue weighted by Crippen LogP contribution is -2.30. The topological polar surface area (TPSA) is 81.8 Å². The summed E-state index contributed by atoms with van der Waals surface area (Å²) in [5, 5.41) is 10.6. The maximum Gasteiger partial charge on any atom is 0.416 e. The molecule has 0 radical (unpaired) electrons. The molecule has 29 heavy (non-hydrogen) atoms. The summed E-state index contributed by atoms with van der Waals surface area (Å²) < 4.78 is 41.0. The number of hydrogen-bond donors (Lipinski definition) is 1. The van der Waals surface area contributed by atoms with Gasteiger partial charge in [-0.25, -0.2) is 9.36 Å². The van der Waals surface area contributed by atoms with Gasteiger partial charge in [-0.1, -0.05) is 11.6 Å². The van der Waals surface area contributed by atoms with Crippen molar-refractivity contribution in [2.24, 2.45) is 0 Å². The van der Waals surface area contributed by atoms with Crippen molar-refractivity contribution < 1.29 is 18.0 Å². The van der Waals surface area contributed by atoms with Gasteiger partial charge in [-0.15, -0.1) is 5.10 Å². The monoisotopic (exact) mass is 425 g/mol. The summed E-state index contributed by atoms with van der Waals surface area (Å²) in [6, 6.07) is 7.07. The fourth-order valence-electron chi connectivity index (χ4n) is 2.65. The Morgan fingerprint density at radius 1 is 1.14 bits per heavy atom. The molecule has 0 saturated heterocycles. The molecule has 1 aromatic carbocycles. The number of carbonyl (C=O) groups is 1. The molecule has 0 atom stereocenters. The molecule has 0 spiro atoms. The van der Waals surface area contributed by atoms with Crippen LogP contribution < -0.4 is 10.9 Å². The Kier molecular flexibility index (Phi) is 5.47. The van der Waals surface area contributed by atoms with E-state index in [1.165, 1.54) is 16.8 Å². The van der Waals surface area contributed by atoms with E-state index >= 15 is 0 Å². The van der Waals surface area contributed by atoms with E-state index in [2.05, 4.69) is 15.5 Å². The molecule has 1 amide bonds. The second-order valence-electron chi connectivity index (χ2n) is 6.27. The van der Waals surface area contributed by atoms with E-state index in [-0.39, 0.29) is 10.7 Å². The molecule has 152 valence electrons. The van der Waals surface area contributed by atoms with Crippen molar-refractivity contribution in [3.63, 3.8) is 0 Å². The van der Waals surface area contributed by atoms with Crippen LogP contribution in [0.3, 0.4) is 0 Å². The zero-order valence-corrected chi connectivity index (χ0v) is 16.0. The summed E-state index contributed by atoms with van der Waals surface area (Å²) in [4.78, 5) is 24.3. The Morgan fingerprint density at radius 3 is 2.48 bits per heavy atom. The van der Waals surface area contributed by atoms with Gasteiger partial charge in [0.05, 0.1) is 22.0 Å². The molecular formula is C18H15ClF3N5O2. The quantitative estimate of drug-likeness (QED) is 0.695. The third-order valence-electron chi connectivity index (χ3n) is 3.94. The van der Waals surface area contributed by atoms with Crippen LogP contribution >= 0.6 is 11.6 Å². The summed E-state index contributed by atoms with van der Waals surface area (Å²) in [6.07, 6.45) is -4.59. The third kappa shape index (κ3) is 4.65. The molecule has 3 rings (SSSR count). The SMILES string of the molecule is Cc1cc(C)n(-c2ccc(=O)n(CC(=O)Nc3cc(C(F)(F)F)ccc3Cl)n2)n1. The highest BCUT2D eigenvalue weighted by Crippen LogP contribution is 2.33. The molecule has 0 saturated carbocycles. The third-order valence-corrected chi connectivity index (χ3v) is 4.27. The number of carbonyl (C=O) groups excluding carboxylic acids is 1. The van der Waals surface area contributed by atoms with Crippen LogP contribution in [-0.4, -0.2) is 25.5 Å². The van der Waals surface area contributed by atoms with Crippen molar-refractivity contribution in [1.29, 1.82) is 0 Å². The summed E-state index contributed by atoms with van der Waals surface area (Å²) in [7, 11) is 0. The predicted octanol–water partition coefficient (Wildman–Crippen LogP) is 3.36. The largest absolute Gasteiger partial charge is 0.416 e. The Morgan fingerprint density at radius 2 is 1.86 bits per heavy atom. The van der Waals surface area contributed by atoms with Crippen LogP contribution in [0.2, 0.25) is 5.02 Å². The number of amides is 1. The molecular weight excluding hydrogens is 411 g/mol. The smallest absolute Gasteiger partial charge is 0.323 e. The average Bonchev–Trinajstić information content (AvgIpc) is 2.96. The number of aryl methyl sites for hydroxylation is 2. The standard InChI is InChI=1S/C18H15ClF3N5O2/c1-10-7-11(2)27(24-10)15-5-6-17(29)26(25-15)9-16(28)23-14-8-12(18(20,21)22)3-4-13(14)19/h3-8H,9H2,1-2H3,(H,23,28). The highest BCUT2D eigenvalue weighted by Gasteiger charge is 2.31. The first kappa shape index (κ1) is 20.6. The lowest BCUT2D eigenvalue weighted by molar-refractivity contribution is -0.137. The van der Waals surface area contributed by atoms with Crippen LogP contribution in [-0.2, 0) is 17.5 Å². The summed E-state index contributed by atoms with van der Waals surface area (Å²) >= 11 is 5.87. The van der Waals surface area contributed by atoms with Gasteiger partial charge in [0.15, 0.2) is 5.82 Å². The predicted molar refractivity (Wildman–Crippen MR) is 100 cm³/mol. The maximum absolute atomic E-state index is 12.9. The van der Waals surface area contributed by atoms with Crippen molar-refractivity contribution in [3.8, 4) is 5.82 Å². The minimum Gasteiger partial charge on any atom is -0.323 e. The van der Waals surface area contributed by atoms with E-state index in [1.807, 2.05) is 6.07 Å². The van der Waals surface area contributed by atoms with E-state index in [0.717, 1.165) is 34.3 Å². The number of anilines is 1. The average molecular weight is 426 g/mol. The number of nitrogens with zero attached hydrogens (tertiary/aromatic N) is 4. The molecule has 0 aliphatic rings. The first-order valence-electron chi connectivity index (χ1n) is 8.33. The van der Waals surface area contributed by atoms with Crippen molar-refractivity contribution in [2.45, 2.75) is 26.6 Å². The number of alkyl halides is 3. The van der Waals surface area contributed by atoms with Crippen LogP contribution in [0.15, 0.2) is 41.2 Å². The van der Waals surface area contributed by atoms with Crippen LogP contribution in [0, 0.1) is 13.8 Å². The maximum atomic E-state index is 12.9. The van der Waals surface area contributed by atoms with Gasteiger partial charge in [0.1, 0.15) is 6.54 Å². The second-order valence-corrected chi connectivity index (χ2v) is 6.67. The van der Waals surface area contributed by atoms with E-state index < -0.39 is 29.8 Å². The second kappa shape index (κ2) is 7.70. The molecule has 0 aliphatic heterocycles. The van der Waals surface area contributed by atoms with Gasteiger partial charge in [0.2, 0.25) is 5.91 Å². The van der Waals surface area contributed by atoms with E-state index in [9.17, 15) is 22.8 Å². The van der Waals surface area contributed by atoms with Crippen molar-refractivity contribution in [1.82, 2.24) is 19.6 Å². The molecule has 0 aliphatic carbocycles. The summed E-state index contributed by atoms with van der Waals surface area (Å²) in [5.41, 5.74) is -0.201. The van der Waals surface area contributed by atoms with Crippen LogP contribution in [0.5, 0.6) is 0 Å². The number of benzene rings is 1. The van der Waals surface area contributed by atoms with Gasteiger partial charge in [-0.3, -0.25) is 9.59 Å². The first-order valence-corrected chi connectivity index (χ1v) is 8.71. The van der Waals surface area contributed by atoms with Gasteiger partial charge < -0.3 is 5.32 Å². The molecule has 11 heteroatoms. The number of hydrogen-bond acceptors (Lipinski definition) is 4. The fourth-order valence-corrected chi connectivity index (χ4v) is 2.81. The van der Waals surface area contributed by atoms with Gasteiger partial charge in [-0.05, 0) is 44.2 Å². The lowest BCUT2D eigenvalue weighted by Gasteiger charge is -2.12. The van der Waals surface area contributed by atoms with E-state index in [0.29, 0.717) is 5.82 Å². The Bertz CT molecular complexity index is 1140. The Labute approximate surface area is 167 Å². The van der Waals surface area contributed by atoms with Crippen molar-refractivity contribution in [3.05, 3.63) is 68.7 Å². The first-order chi connectivity index (χ1) is 13.5. The molecule has 3 aromatic rings.